The molecule has 2 aromatic heterocycles. The summed E-state index contributed by atoms with van der Waals surface area (Å²) in [6.07, 6.45) is -3.73. The van der Waals surface area contributed by atoms with Gasteiger partial charge in [-0.3, -0.25) is 19.3 Å². The van der Waals surface area contributed by atoms with E-state index in [2.05, 4.69) is 15.5 Å². The van der Waals surface area contributed by atoms with Gasteiger partial charge in [0.15, 0.2) is 0 Å². The number of rotatable bonds is 3. The van der Waals surface area contributed by atoms with E-state index in [0.717, 1.165) is 19.2 Å². The van der Waals surface area contributed by atoms with E-state index in [1.54, 1.807) is 6.92 Å². The van der Waals surface area contributed by atoms with Gasteiger partial charge in [0.1, 0.15) is 11.5 Å². The molecule has 0 aliphatic heterocycles. The predicted molar refractivity (Wildman–Crippen MR) is 98.5 cm³/mol. The first-order valence-corrected chi connectivity index (χ1v) is 8.50. The van der Waals surface area contributed by atoms with Gasteiger partial charge in [0.2, 0.25) is 0 Å². The van der Waals surface area contributed by atoms with Crippen LogP contribution < -0.4 is 16.6 Å². The number of halogens is 5. The van der Waals surface area contributed by atoms with E-state index in [1.807, 2.05) is 0 Å². The molecule has 0 fully saturated rings. The highest BCUT2D eigenvalue weighted by Gasteiger charge is 2.35. The molecule has 0 radical (unpaired) electrons. The molecule has 0 spiro atoms. The van der Waals surface area contributed by atoms with Crippen LogP contribution in [0.25, 0.3) is 5.69 Å². The number of aromatic amines is 1. The Morgan fingerprint density at radius 1 is 1.23 bits per heavy atom. The van der Waals surface area contributed by atoms with Gasteiger partial charge in [-0.25, -0.2) is 13.8 Å². The minimum Gasteiger partial charge on any atom is -0.320 e. The van der Waals surface area contributed by atoms with Crippen molar-refractivity contribution in [2.45, 2.75) is 13.1 Å². The largest absolute Gasteiger partial charge is 0.431 e. The number of aromatic nitrogens is 4. The molecule has 0 unspecified atom stereocenters. The number of H-pyrrole nitrogens is 1. The van der Waals surface area contributed by atoms with Crippen LogP contribution in [0.15, 0.2) is 34.0 Å². The summed E-state index contributed by atoms with van der Waals surface area (Å²) in [7, 11) is 0.791. The Balaban J connectivity index is 2.15. The van der Waals surface area contributed by atoms with Gasteiger partial charge < -0.3 is 5.32 Å². The third-order valence-corrected chi connectivity index (χ3v) is 4.52. The Morgan fingerprint density at radius 3 is 2.47 bits per heavy atom. The van der Waals surface area contributed by atoms with E-state index in [4.69, 9.17) is 11.6 Å². The Hall–Kier alpha value is -3.41. The summed E-state index contributed by atoms with van der Waals surface area (Å²) < 4.78 is 53.8. The Labute approximate surface area is 169 Å². The van der Waals surface area contributed by atoms with Crippen LogP contribution in [0.1, 0.15) is 21.7 Å². The summed E-state index contributed by atoms with van der Waals surface area (Å²) in [6.45, 7) is 1.57. The number of nitrogens with one attached hydrogen (secondary N) is 2. The molecule has 3 rings (SSSR count). The second-order valence-corrected chi connectivity index (χ2v) is 6.60. The quantitative estimate of drug-likeness (QED) is 0.605. The first-order chi connectivity index (χ1) is 13.9. The molecule has 158 valence electrons. The van der Waals surface area contributed by atoms with Gasteiger partial charge in [0.05, 0.1) is 28.2 Å². The van der Waals surface area contributed by atoms with Gasteiger partial charge in [-0.05, 0) is 19.1 Å². The van der Waals surface area contributed by atoms with Crippen molar-refractivity contribution in [2.75, 3.05) is 5.32 Å². The van der Waals surface area contributed by atoms with Crippen LogP contribution in [0.4, 0.5) is 23.2 Å². The molecule has 2 heterocycles. The van der Waals surface area contributed by atoms with Gasteiger partial charge in [0.25, 0.3) is 11.5 Å². The lowest BCUT2D eigenvalue weighted by molar-refractivity contribution is -0.144. The predicted octanol–water partition coefficient (Wildman–Crippen LogP) is 2.63. The minimum atomic E-state index is -4.97. The maximum atomic E-state index is 14.5. The lowest BCUT2D eigenvalue weighted by Crippen LogP contribution is -2.41. The smallest absolute Gasteiger partial charge is 0.320 e. The second-order valence-electron chi connectivity index (χ2n) is 6.19. The van der Waals surface area contributed by atoms with Crippen molar-refractivity contribution in [3.63, 3.8) is 0 Å². The molecule has 0 aliphatic carbocycles. The maximum absolute atomic E-state index is 14.5. The normalized spacial score (nSPS) is 11.6. The van der Waals surface area contributed by atoms with Crippen molar-refractivity contribution in [1.82, 2.24) is 19.3 Å². The molecular weight excluding hydrogens is 434 g/mol. The zero-order valence-corrected chi connectivity index (χ0v) is 16.0. The average molecular weight is 446 g/mol. The molecule has 0 aliphatic rings. The van der Waals surface area contributed by atoms with Crippen molar-refractivity contribution >= 4 is 23.2 Å². The lowest BCUT2D eigenvalue weighted by atomic mass is 10.2. The monoisotopic (exact) mass is 445 g/mol. The average Bonchev–Trinajstić information content (AvgIpc) is 3.07. The van der Waals surface area contributed by atoms with Crippen molar-refractivity contribution < 1.29 is 22.4 Å². The molecule has 3 aromatic rings. The summed E-state index contributed by atoms with van der Waals surface area (Å²) in [5.41, 5.74) is -4.61. The molecular formula is C17H12ClF4N5O3. The van der Waals surface area contributed by atoms with Crippen LogP contribution in [0, 0.1) is 12.7 Å². The number of carbonyl (C=O) groups is 1. The van der Waals surface area contributed by atoms with E-state index >= 15 is 0 Å². The van der Waals surface area contributed by atoms with Crippen LogP contribution in [0.3, 0.4) is 0 Å². The third kappa shape index (κ3) is 3.73. The Kier molecular flexibility index (Phi) is 5.29. The van der Waals surface area contributed by atoms with Crippen molar-refractivity contribution in [3.05, 3.63) is 73.0 Å². The fourth-order valence-corrected chi connectivity index (χ4v) is 2.89. The zero-order chi connectivity index (χ0) is 22.4. The van der Waals surface area contributed by atoms with Gasteiger partial charge in [-0.1, -0.05) is 11.6 Å². The molecule has 0 atom stereocenters. The molecule has 30 heavy (non-hydrogen) atoms. The summed E-state index contributed by atoms with van der Waals surface area (Å²) in [5.74, 6) is -1.83. The highest BCUT2D eigenvalue weighted by atomic mass is 35.5. The molecule has 1 amide bonds. The first-order valence-electron chi connectivity index (χ1n) is 8.13. The summed E-state index contributed by atoms with van der Waals surface area (Å²) in [5, 5.41) is 8.35. The first kappa shape index (κ1) is 21.3. The SMILES string of the molecule is Cc1[nH]ncc1C(=O)Nc1cc(-n2c(=O)cc(C(F)(F)F)n(C)c2=O)c(F)cc1Cl. The van der Waals surface area contributed by atoms with Crippen LogP contribution >= 0.6 is 11.6 Å². The van der Waals surface area contributed by atoms with Crippen molar-refractivity contribution in [2.24, 2.45) is 7.05 Å². The number of nitrogens with zero attached hydrogens (tertiary/aromatic N) is 3. The van der Waals surface area contributed by atoms with Crippen LogP contribution in [-0.2, 0) is 13.2 Å². The number of aryl methyl sites for hydroxylation is 1. The number of carbonyl (C=O) groups excluding carboxylic acids is 1. The van der Waals surface area contributed by atoms with E-state index in [0.29, 0.717) is 5.69 Å². The molecule has 8 nitrogen and oxygen atoms in total. The molecule has 0 saturated heterocycles. The Bertz CT molecular complexity index is 1280. The van der Waals surface area contributed by atoms with E-state index in [-0.39, 0.29) is 31.5 Å². The molecule has 1 aromatic carbocycles. The molecule has 2 N–H and O–H groups in total. The van der Waals surface area contributed by atoms with Gasteiger partial charge in [-0.2, -0.15) is 18.3 Å². The number of alkyl halides is 3. The molecule has 13 heteroatoms. The lowest BCUT2D eigenvalue weighted by Gasteiger charge is -2.15. The zero-order valence-electron chi connectivity index (χ0n) is 15.3. The highest BCUT2D eigenvalue weighted by Crippen LogP contribution is 2.29. The van der Waals surface area contributed by atoms with E-state index in [9.17, 15) is 31.9 Å². The summed E-state index contributed by atoms with van der Waals surface area (Å²) in [6, 6.07) is 1.77. The van der Waals surface area contributed by atoms with Crippen LogP contribution in [0.5, 0.6) is 0 Å². The number of amides is 1. The number of benzene rings is 1. The highest BCUT2D eigenvalue weighted by molar-refractivity contribution is 6.34. The van der Waals surface area contributed by atoms with Gasteiger partial charge >= 0.3 is 11.9 Å². The second kappa shape index (κ2) is 7.44. The fraction of sp³-hybridized carbons (Fsp3) is 0.176. The summed E-state index contributed by atoms with van der Waals surface area (Å²) >= 11 is 5.93. The topological polar surface area (TPSA) is 102 Å². The Morgan fingerprint density at radius 2 is 1.90 bits per heavy atom. The molecule has 0 bridgehead atoms. The van der Waals surface area contributed by atoms with E-state index in [1.165, 1.54) is 6.20 Å². The van der Waals surface area contributed by atoms with Crippen molar-refractivity contribution in [1.29, 1.82) is 0 Å². The number of hydrogen-bond acceptors (Lipinski definition) is 4. The fourth-order valence-electron chi connectivity index (χ4n) is 2.69. The van der Waals surface area contributed by atoms with Crippen LogP contribution in [-0.4, -0.2) is 25.2 Å². The molecule has 0 saturated carbocycles. The minimum absolute atomic E-state index is 0.152. The number of anilines is 1. The van der Waals surface area contributed by atoms with Crippen molar-refractivity contribution in [3.8, 4) is 5.69 Å². The van der Waals surface area contributed by atoms with Gasteiger partial charge in [-0.15, -0.1) is 0 Å². The number of hydrogen-bond donors (Lipinski definition) is 2. The third-order valence-electron chi connectivity index (χ3n) is 4.21. The van der Waals surface area contributed by atoms with E-state index < -0.39 is 40.5 Å². The van der Waals surface area contributed by atoms with Crippen LogP contribution in [0.2, 0.25) is 5.02 Å². The standard InChI is InChI=1S/C17H12ClF4N5O3/c1-7-8(6-23-25-7)15(29)24-11-4-12(10(19)3-9(11)18)27-14(28)5-13(17(20,21)22)26(2)16(27)30/h3-6H,1-2H3,(H,23,25)(H,24,29). The van der Waals surface area contributed by atoms with Gasteiger partial charge in [0, 0.05) is 18.8 Å². The maximum Gasteiger partial charge on any atom is 0.431 e. The summed E-state index contributed by atoms with van der Waals surface area (Å²) in [4.78, 5) is 36.9.